The molecular weight excluding hydrogens is 264 g/mol. The molecule has 0 amide bonds. The predicted octanol–water partition coefficient (Wildman–Crippen LogP) is 4.95. The Kier molecular flexibility index (Phi) is 5.75. The van der Waals surface area contributed by atoms with Crippen molar-refractivity contribution in [3.05, 3.63) is 71.3 Å². The van der Waals surface area contributed by atoms with Crippen molar-refractivity contribution in [3.8, 4) is 5.75 Å². The Hall–Kier alpha value is -1.67. The Morgan fingerprint density at radius 1 is 1.10 bits per heavy atom. The highest BCUT2D eigenvalue weighted by molar-refractivity contribution is 7.98. The number of methoxy groups -OCH3 is 1. The van der Waals surface area contributed by atoms with E-state index in [-0.39, 0.29) is 0 Å². The van der Waals surface area contributed by atoms with E-state index in [0.29, 0.717) is 0 Å². The molecule has 1 nitrogen and oxygen atoms in total. The molecule has 2 aromatic rings. The summed E-state index contributed by atoms with van der Waals surface area (Å²) < 4.78 is 5.21. The molecule has 0 radical (unpaired) electrons. The van der Waals surface area contributed by atoms with Gasteiger partial charge in [-0.2, -0.15) is 11.8 Å². The van der Waals surface area contributed by atoms with Gasteiger partial charge in [-0.05, 0) is 35.7 Å². The first kappa shape index (κ1) is 14.7. The third kappa shape index (κ3) is 4.46. The Balaban J connectivity index is 1.82. The lowest BCUT2D eigenvalue weighted by Gasteiger charge is -2.04. The van der Waals surface area contributed by atoms with Gasteiger partial charge in [-0.15, -0.1) is 0 Å². The van der Waals surface area contributed by atoms with Crippen LogP contribution in [0.1, 0.15) is 16.7 Å². The molecule has 0 heterocycles. The second-order valence-corrected chi connectivity index (χ2v) is 5.66. The predicted molar refractivity (Wildman–Crippen MR) is 89.4 cm³/mol. The van der Waals surface area contributed by atoms with Crippen LogP contribution in [0.5, 0.6) is 5.75 Å². The van der Waals surface area contributed by atoms with Crippen molar-refractivity contribution in [2.45, 2.75) is 12.7 Å². The zero-order valence-corrected chi connectivity index (χ0v) is 12.8. The molecular formula is C18H20OS. The van der Waals surface area contributed by atoms with Gasteiger partial charge in [0.05, 0.1) is 7.11 Å². The van der Waals surface area contributed by atoms with E-state index < -0.39 is 0 Å². The van der Waals surface area contributed by atoms with Crippen molar-refractivity contribution in [2.24, 2.45) is 0 Å². The van der Waals surface area contributed by atoms with Crippen molar-refractivity contribution in [2.75, 3.05) is 12.9 Å². The van der Waals surface area contributed by atoms with Gasteiger partial charge < -0.3 is 4.74 Å². The minimum atomic E-state index is 0.915. The van der Waals surface area contributed by atoms with Crippen LogP contribution in [0.2, 0.25) is 0 Å². The molecule has 0 aliphatic carbocycles. The molecule has 104 valence electrons. The van der Waals surface area contributed by atoms with Crippen LogP contribution >= 0.6 is 11.8 Å². The van der Waals surface area contributed by atoms with Gasteiger partial charge in [0.2, 0.25) is 0 Å². The van der Waals surface area contributed by atoms with Crippen LogP contribution in [-0.2, 0) is 5.75 Å². The summed E-state index contributed by atoms with van der Waals surface area (Å²) >= 11 is 1.93. The summed E-state index contributed by atoms with van der Waals surface area (Å²) in [6.45, 7) is 2.11. The number of thioether (sulfide) groups is 1. The van der Waals surface area contributed by atoms with E-state index >= 15 is 0 Å². The van der Waals surface area contributed by atoms with E-state index in [2.05, 4.69) is 61.5 Å². The fourth-order valence-corrected chi connectivity index (χ4v) is 2.73. The molecule has 0 spiro atoms. The summed E-state index contributed by atoms with van der Waals surface area (Å²) in [5.74, 6) is 3.01. The first-order chi connectivity index (χ1) is 9.79. The minimum absolute atomic E-state index is 0.915. The van der Waals surface area contributed by atoms with Gasteiger partial charge >= 0.3 is 0 Å². The van der Waals surface area contributed by atoms with Gasteiger partial charge in [0.25, 0.3) is 0 Å². The molecule has 0 aliphatic rings. The Morgan fingerprint density at radius 2 is 1.90 bits per heavy atom. The van der Waals surface area contributed by atoms with Gasteiger partial charge in [0.15, 0.2) is 0 Å². The zero-order valence-electron chi connectivity index (χ0n) is 12.0. The number of aryl methyl sites for hydroxylation is 1. The smallest absolute Gasteiger partial charge is 0.119 e. The monoisotopic (exact) mass is 284 g/mol. The third-order valence-electron chi connectivity index (χ3n) is 3.10. The molecule has 0 aliphatic heterocycles. The number of hydrogen-bond donors (Lipinski definition) is 0. The van der Waals surface area contributed by atoms with Gasteiger partial charge in [-0.1, -0.05) is 48.6 Å². The molecule has 0 atom stereocenters. The van der Waals surface area contributed by atoms with Crippen LogP contribution in [-0.4, -0.2) is 12.9 Å². The Labute approximate surface area is 125 Å². The normalized spacial score (nSPS) is 10.9. The maximum atomic E-state index is 5.21. The molecule has 0 N–H and O–H groups in total. The highest BCUT2D eigenvalue weighted by Gasteiger charge is 1.96. The van der Waals surface area contributed by atoms with Gasteiger partial charge in [-0.25, -0.2) is 0 Å². The average Bonchev–Trinajstić information content (AvgIpc) is 2.49. The van der Waals surface area contributed by atoms with Crippen LogP contribution in [0.25, 0.3) is 6.08 Å². The van der Waals surface area contributed by atoms with Crippen LogP contribution in [0.15, 0.2) is 54.6 Å². The lowest BCUT2D eigenvalue weighted by atomic mass is 10.1. The standard InChI is InChI=1S/C18H20OS/c1-15-13-18(19-2)11-10-17(15)9-6-12-20-14-16-7-4-3-5-8-16/h3-11,13H,12,14H2,1-2H3. The maximum Gasteiger partial charge on any atom is 0.119 e. The van der Waals surface area contributed by atoms with E-state index in [0.717, 1.165) is 17.3 Å². The van der Waals surface area contributed by atoms with Crippen molar-refractivity contribution < 1.29 is 4.74 Å². The Bertz CT molecular complexity index is 561. The van der Waals surface area contributed by atoms with Gasteiger partial charge in [0, 0.05) is 11.5 Å². The first-order valence-corrected chi connectivity index (χ1v) is 7.88. The molecule has 2 aromatic carbocycles. The summed E-state index contributed by atoms with van der Waals surface area (Å²) in [5, 5.41) is 0. The molecule has 0 bridgehead atoms. The molecule has 0 saturated heterocycles. The maximum absolute atomic E-state index is 5.21. The SMILES string of the molecule is COc1ccc(C=CCSCc2ccccc2)c(C)c1. The summed E-state index contributed by atoms with van der Waals surface area (Å²) in [7, 11) is 1.70. The second-order valence-electron chi connectivity index (χ2n) is 4.63. The van der Waals surface area contributed by atoms with Crippen molar-refractivity contribution >= 4 is 17.8 Å². The Morgan fingerprint density at radius 3 is 2.60 bits per heavy atom. The molecule has 0 saturated carbocycles. The molecule has 0 unspecified atom stereocenters. The lowest BCUT2D eigenvalue weighted by molar-refractivity contribution is 0.414. The first-order valence-electron chi connectivity index (χ1n) is 6.72. The average molecular weight is 284 g/mol. The summed E-state index contributed by atoms with van der Waals surface area (Å²) in [6.07, 6.45) is 4.41. The third-order valence-corrected chi connectivity index (χ3v) is 4.07. The summed E-state index contributed by atoms with van der Waals surface area (Å²) in [5.41, 5.74) is 3.88. The van der Waals surface area contributed by atoms with Gasteiger partial charge in [-0.3, -0.25) is 0 Å². The van der Waals surface area contributed by atoms with E-state index in [1.54, 1.807) is 7.11 Å². The summed E-state index contributed by atoms with van der Waals surface area (Å²) in [6, 6.07) is 16.8. The van der Waals surface area contributed by atoms with Crippen molar-refractivity contribution in [1.29, 1.82) is 0 Å². The van der Waals surface area contributed by atoms with Crippen LogP contribution < -0.4 is 4.74 Å². The van der Waals surface area contributed by atoms with E-state index in [9.17, 15) is 0 Å². The van der Waals surface area contributed by atoms with Crippen molar-refractivity contribution in [1.82, 2.24) is 0 Å². The van der Waals surface area contributed by atoms with E-state index in [1.165, 1.54) is 16.7 Å². The topological polar surface area (TPSA) is 9.23 Å². The number of hydrogen-bond acceptors (Lipinski definition) is 2. The largest absolute Gasteiger partial charge is 0.497 e. The fourth-order valence-electron chi connectivity index (χ4n) is 1.96. The quantitative estimate of drug-likeness (QED) is 0.694. The summed E-state index contributed by atoms with van der Waals surface area (Å²) in [4.78, 5) is 0. The van der Waals surface area contributed by atoms with E-state index in [1.807, 2.05) is 17.8 Å². The fraction of sp³-hybridized carbons (Fsp3) is 0.222. The number of ether oxygens (including phenoxy) is 1. The van der Waals surface area contributed by atoms with Crippen LogP contribution in [0.4, 0.5) is 0 Å². The number of rotatable bonds is 6. The molecule has 20 heavy (non-hydrogen) atoms. The molecule has 2 rings (SSSR count). The minimum Gasteiger partial charge on any atom is -0.497 e. The van der Waals surface area contributed by atoms with E-state index in [4.69, 9.17) is 4.74 Å². The number of benzene rings is 2. The highest BCUT2D eigenvalue weighted by Crippen LogP contribution is 2.18. The van der Waals surface area contributed by atoms with Crippen LogP contribution in [0.3, 0.4) is 0 Å². The second kappa shape index (κ2) is 7.81. The van der Waals surface area contributed by atoms with Crippen molar-refractivity contribution in [3.63, 3.8) is 0 Å². The lowest BCUT2D eigenvalue weighted by Crippen LogP contribution is -1.86. The molecule has 2 heteroatoms. The zero-order chi connectivity index (χ0) is 14.2. The molecule has 0 aromatic heterocycles. The van der Waals surface area contributed by atoms with Gasteiger partial charge in [0.1, 0.15) is 5.75 Å². The highest BCUT2D eigenvalue weighted by atomic mass is 32.2. The molecule has 0 fully saturated rings. The van der Waals surface area contributed by atoms with Crippen LogP contribution in [0, 0.1) is 6.92 Å².